The van der Waals surface area contributed by atoms with E-state index in [1.54, 1.807) is 12.1 Å². The number of hydrogen-bond acceptors (Lipinski definition) is 3. The summed E-state index contributed by atoms with van der Waals surface area (Å²) in [6.07, 6.45) is 2.58. The Kier molecular flexibility index (Phi) is 2.66. The van der Waals surface area contributed by atoms with Crippen molar-refractivity contribution in [1.82, 2.24) is 9.44 Å². The average molecular weight is 132 g/mol. The minimum Gasteiger partial charge on any atom is -0.251 e. The molecule has 3 heteroatoms. The molecule has 1 rings (SSSR count). The average Bonchev–Trinajstić information content (AvgIpc) is 1.94. The van der Waals surface area contributed by atoms with E-state index in [1.165, 1.54) is 12.8 Å². The van der Waals surface area contributed by atoms with Crippen molar-refractivity contribution in [3.63, 3.8) is 0 Å². The molecular formula is C5H12N2S. The van der Waals surface area contributed by atoms with E-state index in [2.05, 4.69) is 16.4 Å². The van der Waals surface area contributed by atoms with Crippen molar-refractivity contribution in [2.24, 2.45) is 0 Å². The van der Waals surface area contributed by atoms with E-state index < -0.39 is 0 Å². The van der Waals surface area contributed by atoms with Gasteiger partial charge >= 0.3 is 0 Å². The lowest BCUT2D eigenvalue weighted by molar-refractivity contribution is 0.613. The monoisotopic (exact) mass is 132 g/mol. The Balaban J connectivity index is 2.17. The molecule has 1 fully saturated rings. The third-order valence-electron chi connectivity index (χ3n) is 1.25. The van der Waals surface area contributed by atoms with E-state index in [0.29, 0.717) is 6.04 Å². The molecule has 0 aromatic carbocycles. The fraction of sp³-hybridized carbons (Fsp3) is 1.00. The van der Waals surface area contributed by atoms with Crippen LogP contribution in [0.25, 0.3) is 0 Å². The standard InChI is InChI=1S/C5H12N2S/c1-5-3-2-4-6-8-7-5/h5-7H,2-4H2,1H3/t5-/m0/s1. The quantitative estimate of drug-likeness (QED) is 0.479. The molecule has 1 aliphatic heterocycles. The summed E-state index contributed by atoms with van der Waals surface area (Å²) in [4.78, 5) is 0. The molecule has 48 valence electrons. The highest BCUT2D eigenvalue weighted by Crippen LogP contribution is 2.03. The van der Waals surface area contributed by atoms with Crippen LogP contribution in [0, 0.1) is 0 Å². The maximum Gasteiger partial charge on any atom is 0.0156 e. The molecule has 0 saturated carbocycles. The molecule has 0 amide bonds. The molecule has 8 heavy (non-hydrogen) atoms. The summed E-state index contributed by atoms with van der Waals surface area (Å²) in [6.45, 7) is 3.35. The van der Waals surface area contributed by atoms with Crippen molar-refractivity contribution in [3.05, 3.63) is 0 Å². The largest absolute Gasteiger partial charge is 0.251 e. The summed E-state index contributed by atoms with van der Waals surface area (Å²) in [5.74, 6) is 0. The van der Waals surface area contributed by atoms with Crippen molar-refractivity contribution >= 4 is 12.1 Å². The first-order chi connectivity index (χ1) is 3.89. The topological polar surface area (TPSA) is 24.1 Å². The van der Waals surface area contributed by atoms with Crippen LogP contribution < -0.4 is 9.44 Å². The van der Waals surface area contributed by atoms with Gasteiger partial charge in [-0.25, -0.2) is 4.72 Å². The van der Waals surface area contributed by atoms with Crippen molar-refractivity contribution < 1.29 is 0 Å². The molecule has 0 aliphatic carbocycles. The lowest BCUT2D eigenvalue weighted by Crippen LogP contribution is -2.18. The van der Waals surface area contributed by atoms with Crippen molar-refractivity contribution in [2.45, 2.75) is 25.8 Å². The zero-order valence-corrected chi connectivity index (χ0v) is 5.92. The lowest BCUT2D eigenvalue weighted by atomic mass is 10.2. The molecule has 2 N–H and O–H groups in total. The SMILES string of the molecule is C[C@H]1CCCNSN1. The molecule has 0 unspecified atom stereocenters. The van der Waals surface area contributed by atoms with Crippen molar-refractivity contribution in [3.8, 4) is 0 Å². The first-order valence-corrected chi connectivity index (χ1v) is 3.85. The molecular weight excluding hydrogens is 120 g/mol. The van der Waals surface area contributed by atoms with Gasteiger partial charge in [0, 0.05) is 24.7 Å². The Morgan fingerprint density at radius 3 is 3.38 bits per heavy atom. The number of nitrogens with one attached hydrogen (secondary N) is 2. The first-order valence-electron chi connectivity index (χ1n) is 3.04. The fourth-order valence-corrected chi connectivity index (χ4v) is 1.38. The number of hydrogen-bond donors (Lipinski definition) is 2. The summed E-state index contributed by atoms with van der Waals surface area (Å²) in [7, 11) is 0. The van der Waals surface area contributed by atoms with Crippen LogP contribution in [0.5, 0.6) is 0 Å². The van der Waals surface area contributed by atoms with Crippen LogP contribution in [0.1, 0.15) is 19.8 Å². The second-order valence-corrected chi connectivity index (χ2v) is 2.89. The third-order valence-corrected chi connectivity index (χ3v) is 2.12. The van der Waals surface area contributed by atoms with Gasteiger partial charge in [-0.3, -0.25) is 4.72 Å². The van der Waals surface area contributed by atoms with Crippen LogP contribution in [0.4, 0.5) is 0 Å². The summed E-state index contributed by atoms with van der Waals surface area (Å²) >= 11 is 1.62. The van der Waals surface area contributed by atoms with E-state index in [1.807, 2.05) is 0 Å². The highest BCUT2D eigenvalue weighted by Gasteiger charge is 2.03. The normalized spacial score (nSPS) is 31.9. The van der Waals surface area contributed by atoms with Gasteiger partial charge in [0.1, 0.15) is 0 Å². The zero-order chi connectivity index (χ0) is 5.82. The van der Waals surface area contributed by atoms with Crippen LogP contribution in [0.3, 0.4) is 0 Å². The Morgan fingerprint density at radius 1 is 1.62 bits per heavy atom. The van der Waals surface area contributed by atoms with Gasteiger partial charge < -0.3 is 0 Å². The Labute approximate surface area is 54.7 Å². The molecule has 1 heterocycles. The van der Waals surface area contributed by atoms with E-state index in [0.717, 1.165) is 6.54 Å². The molecule has 0 radical (unpaired) electrons. The predicted octanol–water partition coefficient (Wildman–Crippen LogP) is 0.911. The van der Waals surface area contributed by atoms with Gasteiger partial charge in [-0.2, -0.15) is 0 Å². The molecule has 0 spiro atoms. The smallest absolute Gasteiger partial charge is 0.0156 e. The van der Waals surface area contributed by atoms with Crippen molar-refractivity contribution in [1.29, 1.82) is 0 Å². The maximum absolute atomic E-state index is 3.25. The Morgan fingerprint density at radius 2 is 2.50 bits per heavy atom. The first kappa shape index (κ1) is 6.39. The van der Waals surface area contributed by atoms with Gasteiger partial charge in [-0.1, -0.05) is 0 Å². The Bertz CT molecular complexity index is 59.4. The van der Waals surface area contributed by atoms with Gasteiger partial charge in [0.25, 0.3) is 0 Å². The van der Waals surface area contributed by atoms with Gasteiger partial charge in [0.15, 0.2) is 0 Å². The van der Waals surface area contributed by atoms with Gasteiger partial charge in [-0.05, 0) is 19.8 Å². The fourth-order valence-electron chi connectivity index (χ4n) is 0.733. The third kappa shape index (κ3) is 2.03. The summed E-state index contributed by atoms with van der Waals surface area (Å²) in [5.41, 5.74) is 0. The van der Waals surface area contributed by atoms with Gasteiger partial charge in [0.05, 0.1) is 0 Å². The highest BCUT2D eigenvalue weighted by molar-refractivity contribution is 7.95. The molecule has 1 aliphatic rings. The second kappa shape index (κ2) is 3.33. The summed E-state index contributed by atoms with van der Waals surface area (Å²) in [6, 6.07) is 0.676. The minimum absolute atomic E-state index is 0.676. The Hall–Kier alpha value is 0.270. The molecule has 0 aromatic heterocycles. The van der Waals surface area contributed by atoms with Crippen LogP contribution in [-0.2, 0) is 0 Å². The molecule has 1 saturated heterocycles. The van der Waals surface area contributed by atoms with E-state index >= 15 is 0 Å². The van der Waals surface area contributed by atoms with Crippen LogP contribution in [0.2, 0.25) is 0 Å². The van der Waals surface area contributed by atoms with E-state index in [4.69, 9.17) is 0 Å². The van der Waals surface area contributed by atoms with E-state index in [-0.39, 0.29) is 0 Å². The van der Waals surface area contributed by atoms with Gasteiger partial charge in [-0.15, -0.1) is 0 Å². The predicted molar refractivity (Wildman–Crippen MR) is 37.4 cm³/mol. The lowest BCUT2D eigenvalue weighted by Gasteiger charge is -2.04. The highest BCUT2D eigenvalue weighted by atomic mass is 32.2. The summed E-state index contributed by atoms with van der Waals surface area (Å²) in [5, 5.41) is 0. The summed E-state index contributed by atoms with van der Waals surface area (Å²) < 4.78 is 6.43. The molecule has 0 bridgehead atoms. The minimum atomic E-state index is 0.676. The maximum atomic E-state index is 3.25. The second-order valence-electron chi connectivity index (χ2n) is 2.16. The zero-order valence-electron chi connectivity index (χ0n) is 5.11. The van der Waals surface area contributed by atoms with Crippen LogP contribution in [0.15, 0.2) is 0 Å². The van der Waals surface area contributed by atoms with Crippen molar-refractivity contribution in [2.75, 3.05) is 6.54 Å². The van der Waals surface area contributed by atoms with Gasteiger partial charge in [0.2, 0.25) is 0 Å². The molecule has 0 aromatic rings. The van der Waals surface area contributed by atoms with E-state index in [9.17, 15) is 0 Å². The molecule has 1 atom stereocenters. The van der Waals surface area contributed by atoms with Crippen LogP contribution in [-0.4, -0.2) is 12.6 Å². The molecule has 2 nitrogen and oxygen atoms in total. The number of rotatable bonds is 0. The van der Waals surface area contributed by atoms with Crippen LogP contribution >= 0.6 is 12.1 Å².